The Labute approximate surface area is 201 Å². The number of amides is 3. The second-order valence-corrected chi connectivity index (χ2v) is 8.76. The van der Waals surface area contributed by atoms with Crippen LogP contribution in [0.25, 0.3) is 0 Å². The van der Waals surface area contributed by atoms with Crippen LogP contribution < -0.4 is 15.4 Å². The van der Waals surface area contributed by atoms with Gasteiger partial charge >= 0.3 is 6.03 Å². The molecule has 4 rings (SSSR count). The number of carbonyl (C=O) groups is 2. The number of anilines is 1. The van der Waals surface area contributed by atoms with Crippen molar-refractivity contribution < 1.29 is 19.1 Å². The summed E-state index contributed by atoms with van der Waals surface area (Å²) < 4.78 is 10.8. The molecule has 0 radical (unpaired) electrons. The van der Waals surface area contributed by atoms with E-state index in [0.29, 0.717) is 32.8 Å². The molecule has 3 amide bonds. The molecule has 0 bridgehead atoms. The summed E-state index contributed by atoms with van der Waals surface area (Å²) in [6.07, 6.45) is 1.59. The van der Waals surface area contributed by atoms with E-state index in [9.17, 15) is 9.59 Å². The van der Waals surface area contributed by atoms with Gasteiger partial charge in [-0.2, -0.15) is 0 Å². The molecule has 182 valence electrons. The van der Waals surface area contributed by atoms with Crippen LogP contribution in [0.5, 0.6) is 5.75 Å². The highest BCUT2D eigenvalue weighted by Crippen LogP contribution is 2.24. The standard InChI is InChI=1S/C26H34N4O4/c1-33-23-11-9-20(10-12-23)24(29-14-16-34-17-15-29)18-27-25(31)21-6-5-13-30(19-21)26(32)28-22-7-3-2-4-8-22/h2-4,7-12,21,24H,5-6,13-19H2,1H3,(H,27,31)(H,28,32). The first kappa shape index (κ1) is 24.0. The highest BCUT2D eigenvalue weighted by molar-refractivity contribution is 5.90. The van der Waals surface area contributed by atoms with Gasteiger partial charge in [0, 0.05) is 38.4 Å². The van der Waals surface area contributed by atoms with E-state index in [2.05, 4.69) is 27.7 Å². The minimum atomic E-state index is -0.212. The van der Waals surface area contributed by atoms with Gasteiger partial charge in [-0.3, -0.25) is 9.69 Å². The van der Waals surface area contributed by atoms with E-state index >= 15 is 0 Å². The van der Waals surface area contributed by atoms with Crippen molar-refractivity contribution in [2.45, 2.75) is 18.9 Å². The number of hydrogen-bond acceptors (Lipinski definition) is 5. The lowest BCUT2D eigenvalue weighted by atomic mass is 9.97. The summed E-state index contributed by atoms with van der Waals surface area (Å²) in [5.74, 6) is 0.602. The maximum absolute atomic E-state index is 13.1. The molecule has 2 N–H and O–H groups in total. The number of ether oxygens (including phenoxy) is 2. The van der Waals surface area contributed by atoms with Gasteiger partial charge in [-0.25, -0.2) is 4.79 Å². The van der Waals surface area contributed by atoms with Crippen LogP contribution in [-0.4, -0.2) is 74.8 Å². The first-order chi connectivity index (χ1) is 16.6. The van der Waals surface area contributed by atoms with Gasteiger partial charge in [-0.15, -0.1) is 0 Å². The lowest BCUT2D eigenvalue weighted by molar-refractivity contribution is -0.126. The van der Waals surface area contributed by atoms with Gasteiger partial charge < -0.3 is 25.0 Å². The van der Waals surface area contributed by atoms with Crippen LogP contribution in [0.3, 0.4) is 0 Å². The number of para-hydroxylation sites is 1. The van der Waals surface area contributed by atoms with Crippen LogP contribution in [0.15, 0.2) is 54.6 Å². The van der Waals surface area contributed by atoms with Crippen molar-refractivity contribution in [1.29, 1.82) is 0 Å². The van der Waals surface area contributed by atoms with Crippen LogP contribution in [-0.2, 0) is 9.53 Å². The summed E-state index contributed by atoms with van der Waals surface area (Å²) in [5, 5.41) is 6.10. The smallest absolute Gasteiger partial charge is 0.321 e. The monoisotopic (exact) mass is 466 g/mol. The Morgan fingerprint density at radius 1 is 1.06 bits per heavy atom. The van der Waals surface area contributed by atoms with Gasteiger partial charge in [0.25, 0.3) is 0 Å². The molecule has 2 aliphatic heterocycles. The number of rotatable bonds is 7. The Morgan fingerprint density at radius 3 is 2.50 bits per heavy atom. The number of morpholine rings is 1. The number of likely N-dealkylation sites (tertiary alicyclic amines) is 1. The quantitative estimate of drug-likeness (QED) is 0.655. The highest BCUT2D eigenvalue weighted by atomic mass is 16.5. The normalized spacial score (nSPS) is 19.8. The SMILES string of the molecule is COc1ccc(C(CNC(=O)C2CCCN(C(=O)Nc3ccccc3)C2)N2CCOCC2)cc1. The molecule has 2 heterocycles. The molecule has 34 heavy (non-hydrogen) atoms. The van der Waals surface area contributed by atoms with Gasteiger partial charge in [0.1, 0.15) is 5.75 Å². The largest absolute Gasteiger partial charge is 0.497 e. The fourth-order valence-corrected chi connectivity index (χ4v) is 4.61. The van der Waals surface area contributed by atoms with E-state index in [0.717, 1.165) is 42.9 Å². The van der Waals surface area contributed by atoms with Crippen molar-refractivity contribution in [2.24, 2.45) is 5.92 Å². The zero-order valence-corrected chi connectivity index (χ0v) is 19.7. The summed E-state index contributed by atoms with van der Waals surface area (Å²) in [6.45, 7) is 4.62. The highest BCUT2D eigenvalue weighted by Gasteiger charge is 2.30. The Bertz CT molecular complexity index is 932. The fourth-order valence-electron chi connectivity index (χ4n) is 4.61. The Kier molecular flexibility index (Phi) is 8.38. The Morgan fingerprint density at radius 2 is 1.79 bits per heavy atom. The van der Waals surface area contributed by atoms with Gasteiger partial charge in [0.15, 0.2) is 0 Å². The number of nitrogens with zero attached hydrogens (tertiary/aromatic N) is 2. The second kappa shape index (κ2) is 11.9. The van der Waals surface area contributed by atoms with Crippen LogP contribution in [0.4, 0.5) is 10.5 Å². The zero-order valence-electron chi connectivity index (χ0n) is 19.7. The number of carbonyl (C=O) groups excluding carboxylic acids is 2. The Balaban J connectivity index is 1.36. The molecule has 0 aliphatic carbocycles. The molecule has 2 aromatic rings. The summed E-state index contributed by atoms with van der Waals surface area (Å²) >= 11 is 0. The second-order valence-electron chi connectivity index (χ2n) is 8.76. The molecule has 2 fully saturated rings. The van der Waals surface area contributed by atoms with Crippen LogP contribution in [0.1, 0.15) is 24.4 Å². The van der Waals surface area contributed by atoms with Gasteiger partial charge in [-0.05, 0) is 42.7 Å². The molecule has 2 unspecified atom stereocenters. The maximum atomic E-state index is 13.1. The number of urea groups is 1. The molecule has 2 aliphatic rings. The fraction of sp³-hybridized carbons (Fsp3) is 0.462. The Hall–Kier alpha value is -3.10. The van der Waals surface area contributed by atoms with E-state index in [-0.39, 0.29) is 23.9 Å². The molecule has 2 saturated heterocycles. The average Bonchev–Trinajstić information content (AvgIpc) is 2.90. The van der Waals surface area contributed by atoms with Crippen LogP contribution in [0.2, 0.25) is 0 Å². The van der Waals surface area contributed by atoms with E-state index in [1.54, 1.807) is 12.0 Å². The van der Waals surface area contributed by atoms with Crippen molar-refractivity contribution in [3.8, 4) is 5.75 Å². The molecular formula is C26H34N4O4. The molecule has 8 nitrogen and oxygen atoms in total. The average molecular weight is 467 g/mol. The van der Waals surface area contributed by atoms with Gasteiger partial charge in [-0.1, -0.05) is 30.3 Å². The third-order valence-electron chi connectivity index (χ3n) is 6.56. The third-order valence-corrected chi connectivity index (χ3v) is 6.56. The van der Waals surface area contributed by atoms with Gasteiger partial charge in [0.05, 0.1) is 32.3 Å². The first-order valence-corrected chi connectivity index (χ1v) is 12.0. The predicted octanol–water partition coefficient (Wildman–Crippen LogP) is 3.13. The molecule has 0 spiro atoms. The molecule has 2 atom stereocenters. The molecule has 0 saturated carbocycles. The molecular weight excluding hydrogens is 432 g/mol. The third kappa shape index (κ3) is 6.27. The van der Waals surface area contributed by atoms with Crippen molar-refractivity contribution in [2.75, 3.05) is 58.4 Å². The first-order valence-electron chi connectivity index (χ1n) is 12.0. The number of hydrogen-bond donors (Lipinski definition) is 2. The molecule has 8 heteroatoms. The lowest BCUT2D eigenvalue weighted by Gasteiger charge is -2.36. The van der Waals surface area contributed by atoms with Crippen molar-refractivity contribution in [1.82, 2.24) is 15.1 Å². The topological polar surface area (TPSA) is 83.1 Å². The zero-order chi connectivity index (χ0) is 23.8. The minimum absolute atomic E-state index is 0.00369. The van der Waals surface area contributed by atoms with Crippen molar-refractivity contribution in [3.63, 3.8) is 0 Å². The number of methoxy groups -OCH3 is 1. The molecule has 0 aromatic heterocycles. The number of nitrogens with one attached hydrogen (secondary N) is 2. The van der Waals surface area contributed by atoms with Crippen LogP contribution in [0, 0.1) is 5.92 Å². The number of piperidine rings is 1. The predicted molar refractivity (Wildman–Crippen MR) is 131 cm³/mol. The summed E-state index contributed by atoms with van der Waals surface area (Å²) in [5.41, 5.74) is 1.89. The van der Waals surface area contributed by atoms with E-state index in [4.69, 9.17) is 9.47 Å². The lowest BCUT2D eigenvalue weighted by Crippen LogP contribution is -2.49. The van der Waals surface area contributed by atoms with E-state index < -0.39 is 0 Å². The van der Waals surface area contributed by atoms with Crippen molar-refractivity contribution in [3.05, 3.63) is 60.2 Å². The van der Waals surface area contributed by atoms with E-state index in [1.807, 2.05) is 42.5 Å². The summed E-state index contributed by atoms with van der Waals surface area (Å²) in [7, 11) is 1.66. The summed E-state index contributed by atoms with van der Waals surface area (Å²) in [4.78, 5) is 29.9. The van der Waals surface area contributed by atoms with Crippen LogP contribution >= 0.6 is 0 Å². The van der Waals surface area contributed by atoms with Gasteiger partial charge in [0.2, 0.25) is 5.91 Å². The minimum Gasteiger partial charge on any atom is -0.497 e. The summed E-state index contributed by atoms with van der Waals surface area (Å²) in [6, 6.07) is 17.3. The van der Waals surface area contributed by atoms with Crippen molar-refractivity contribution >= 4 is 17.6 Å². The number of benzene rings is 2. The molecule has 2 aromatic carbocycles. The van der Waals surface area contributed by atoms with E-state index in [1.165, 1.54) is 0 Å². The maximum Gasteiger partial charge on any atom is 0.321 e.